The van der Waals surface area contributed by atoms with Gasteiger partial charge in [0.2, 0.25) is 0 Å². The van der Waals surface area contributed by atoms with Crippen LogP contribution in [0.5, 0.6) is 0 Å². The van der Waals surface area contributed by atoms with Crippen LogP contribution in [0.15, 0.2) is 18.2 Å². The van der Waals surface area contributed by atoms with Crippen molar-refractivity contribution in [3.8, 4) is 0 Å². The van der Waals surface area contributed by atoms with E-state index in [1.807, 2.05) is 0 Å². The molecule has 3 atom stereocenters. The highest BCUT2D eigenvalue weighted by Gasteiger charge is 2.49. The van der Waals surface area contributed by atoms with Crippen molar-refractivity contribution in [2.45, 2.75) is 32.2 Å². The number of likely N-dealkylation sites (tertiary alicyclic amines) is 1. The molecule has 1 saturated carbocycles. The molecular weight excluding hydrogens is 300 g/mol. The average molecular weight is 318 g/mol. The highest BCUT2D eigenvalue weighted by Crippen LogP contribution is 2.43. The summed E-state index contributed by atoms with van der Waals surface area (Å²) >= 11 is 0. The largest absolute Gasteiger partial charge is 0.480 e. The topological polar surface area (TPSA) is 101 Å². The third-order valence-electron chi connectivity index (χ3n) is 5.14. The van der Waals surface area contributed by atoms with Gasteiger partial charge in [-0.3, -0.25) is 14.9 Å². The molecule has 1 N–H and O–H groups in total. The predicted molar refractivity (Wildman–Crippen MR) is 81.1 cm³/mol. The van der Waals surface area contributed by atoms with Gasteiger partial charge < -0.3 is 10.0 Å². The fraction of sp³-hybridized carbons (Fsp3) is 0.500. The molecular formula is C16H18N2O5. The van der Waals surface area contributed by atoms with Crippen LogP contribution in [-0.4, -0.2) is 39.4 Å². The number of nitrogens with zero attached hydrogens (tertiary/aromatic N) is 2. The van der Waals surface area contributed by atoms with E-state index in [0.29, 0.717) is 6.54 Å². The summed E-state index contributed by atoms with van der Waals surface area (Å²) in [5.41, 5.74) is 0.372. The van der Waals surface area contributed by atoms with Gasteiger partial charge >= 0.3 is 5.97 Å². The standard InChI is InChI=1S/C16H18N2O5/c1-9-11(5-3-7-13(9)18(22)23)15(19)17-8-10-4-2-6-12(10)14(17)16(20)21/h3,5,7,10,12,14H,2,4,6,8H2,1H3,(H,20,21). The molecule has 1 aromatic rings. The molecule has 2 fully saturated rings. The number of carbonyl (C=O) groups is 2. The van der Waals surface area contributed by atoms with Gasteiger partial charge in [-0.25, -0.2) is 4.79 Å². The second-order valence-corrected chi connectivity index (χ2v) is 6.30. The van der Waals surface area contributed by atoms with Crippen LogP contribution in [0.2, 0.25) is 0 Å². The molecule has 1 saturated heterocycles. The normalized spacial score (nSPS) is 26.1. The Morgan fingerprint density at radius 1 is 1.35 bits per heavy atom. The lowest BCUT2D eigenvalue weighted by Gasteiger charge is -2.25. The molecule has 0 bridgehead atoms. The SMILES string of the molecule is Cc1c(C(=O)N2CC3CCCC3C2C(=O)O)cccc1[N+](=O)[O-]. The number of hydrogen-bond donors (Lipinski definition) is 1. The average Bonchev–Trinajstić information content (AvgIpc) is 3.06. The Bertz CT molecular complexity index is 687. The number of carbonyl (C=O) groups excluding carboxylic acids is 1. The number of carboxylic acid groups (broad SMARTS) is 1. The zero-order valence-electron chi connectivity index (χ0n) is 12.8. The lowest BCUT2D eigenvalue weighted by atomic mass is 9.94. The molecule has 23 heavy (non-hydrogen) atoms. The molecule has 7 heteroatoms. The van der Waals surface area contributed by atoms with Gasteiger partial charge in [0.1, 0.15) is 6.04 Å². The van der Waals surface area contributed by atoms with E-state index in [0.717, 1.165) is 19.3 Å². The summed E-state index contributed by atoms with van der Waals surface area (Å²) in [6.07, 6.45) is 2.75. The number of aliphatic carboxylic acids is 1. The molecule has 7 nitrogen and oxygen atoms in total. The highest BCUT2D eigenvalue weighted by molar-refractivity contribution is 5.99. The van der Waals surface area contributed by atoms with Crippen LogP contribution in [-0.2, 0) is 4.79 Å². The Kier molecular flexibility index (Phi) is 3.79. The summed E-state index contributed by atoms with van der Waals surface area (Å²) in [6, 6.07) is 3.51. The van der Waals surface area contributed by atoms with Crippen LogP contribution in [0.1, 0.15) is 35.2 Å². The molecule has 122 valence electrons. The lowest BCUT2D eigenvalue weighted by Crippen LogP contribution is -2.43. The second kappa shape index (κ2) is 5.64. The molecule has 1 amide bonds. The molecule has 1 aliphatic heterocycles. The molecule has 3 unspecified atom stereocenters. The minimum atomic E-state index is -0.990. The summed E-state index contributed by atoms with van der Waals surface area (Å²) in [6.45, 7) is 1.95. The number of rotatable bonds is 3. The Balaban J connectivity index is 1.96. The van der Waals surface area contributed by atoms with Crippen molar-refractivity contribution in [1.82, 2.24) is 4.90 Å². The number of hydrogen-bond acceptors (Lipinski definition) is 4. The Hall–Kier alpha value is -2.44. The van der Waals surface area contributed by atoms with Crippen LogP contribution >= 0.6 is 0 Å². The molecule has 1 aromatic carbocycles. The Morgan fingerprint density at radius 3 is 2.74 bits per heavy atom. The number of nitro benzene ring substituents is 1. The third-order valence-corrected chi connectivity index (χ3v) is 5.14. The maximum Gasteiger partial charge on any atom is 0.326 e. The predicted octanol–water partition coefficient (Wildman–Crippen LogP) is 2.23. The van der Waals surface area contributed by atoms with Crippen LogP contribution in [0.3, 0.4) is 0 Å². The first-order chi connectivity index (χ1) is 10.9. The van der Waals surface area contributed by atoms with E-state index in [9.17, 15) is 24.8 Å². The summed E-state index contributed by atoms with van der Waals surface area (Å²) < 4.78 is 0. The van der Waals surface area contributed by atoms with Crippen LogP contribution in [0.25, 0.3) is 0 Å². The smallest absolute Gasteiger partial charge is 0.326 e. The zero-order chi connectivity index (χ0) is 16.7. The number of benzene rings is 1. The van der Waals surface area contributed by atoms with Gasteiger partial charge in [0.25, 0.3) is 11.6 Å². The van der Waals surface area contributed by atoms with Crippen LogP contribution in [0.4, 0.5) is 5.69 Å². The van der Waals surface area contributed by atoms with Crippen molar-refractivity contribution < 1.29 is 19.6 Å². The van der Waals surface area contributed by atoms with E-state index in [4.69, 9.17) is 0 Å². The van der Waals surface area contributed by atoms with Crippen LogP contribution in [0, 0.1) is 28.9 Å². The zero-order valence-corrected chi connectivity index (χ0v) is 12.8. The van der Waals surface area contributed by atoms with Gasteiger partial charge in [0, 0.05) is 23.7 Å². The highest BCUT2D eigenvalue weighted by atomic mass is 16.6. The maximum atomic E-state index is 12.8. The lowest BCUT2D eigenvalue weighted by molar-refractivity contribution is -0.385. The van der Waals surface area contributed by atoms with E-state index in [1.54, 1.807) is 0 Å². The van der Waals surface area contributed by atoms with Crippen molar-refractivity contribution in [2.24, 2.45) is 11.8 Å². The van der Waals surface area contributed by atoms with E-state index in [1.165, 1.54) is 30.0 Å². The molecule has 0 spiro atoms. The number of carboxylic acids is 1. The molecule has 1 aliphatic carbocycles. The first kappa shape index (κ1) is 15.5. The number of nitro groups is 1. The first-order valence-electron chi connectivity index (χ1n) is 7.69. The van der Waals surface area contributed by atoms with E-state index in [2.05, 4.69) is 0 Å². The van der Waals surface area contributed by atoms with E-state index in [-0.39, 0.29) is 28.7 Å². The van der Waals surface area contributed by atoms with Crippen molar-refractivity contribution >= 4 is 17.6 Å². The fourth-order valence-electron chi connectivity index (χ4n) is 4.04. The van der Waals surface area contributed by atoms with E-state index < -0.39 is 22.8 Å². The van der Waals surface area contributed by atoms with Crippen molar-refractivity contribution in [3.05, 3.63) is 39.4 Å². The maximum absolute atomic E-state index is 12.8. The summed E-state index contributed by atoms with van der Waals surface area (Å²) in [7, 11) is 0. The summed E-state index contributed by atoms with van der Waals surface area (Å²) in [4.78, 5) is 36.4. The monoisotopic (exact) mass is 318 g/mol. The number of fused-ring (bicyclic) bond motifs is 1. The molecule has 0 radical (unpaired) electrons. The molecule has 2 aliphatic rings. The van der Waals surface area contributed by atoms with Gasteiger partial charge in [0.15, 0.2) is 0 Å². The third kappa shape index (κ3) is 2.46. The molecule has 1 heterocycles. The minimum absolute atomic E-state index is 0.00421. The Labute approximate surface area is 133 Å². The van der Waals surface area contributed by atoms with Gasteiger partial charge in [-0.05, 0) is 37.7 Å². The molecule has 0 aromatic heterocycles. The Morgan fingerprint density at radius 2 is 2.09 bits per heavy atom. The van der Waals surface area contributed by atoms with Gasteiger partial charge in [0.05, 0.1) is 4.92 Å². The molecule has 3 rings (SSSR count). The second-order valence-electron chi connectivity index (χ2n) is 6.30. The summed E-state index contributed by atoms with van der Waals surface area (Å²) in [5.74, 6) is -1.20. The van der Waals surface area contributed by atoms with Crippen molar-refractivity contribution in [1.29, 1.82) is 0 Å². The summed E-state index contributed by atoms with van der Waals surface area (Å²) in [5, 5.41) is 20.6. The van der Waals surface area contributed by atoms with Gasteiger partial charge in [-0.1, -0.05) is 12.5 Å². The van der Waals surface area contributed by atoms with E-state index >= 15 is 0 Å². The fourth-order valence-corrected chi connectivity index (χ4v) is 4.04. The van der Waals surface area contributed by atoms with Gasteiger partial charge in [-0.2, -0.15) is 0 Å². The van der Waals surface area contributed by atoms with Crippen LogP contribution < -0.4 is 0 Å². The number of amides is 1. The quantitative estimate of drug-likeness (QED) is 0.680. The first-order valence-corrected chi connectivity index (χ1v) is 7.69. The van der Waals surface area contributed by atoms with Crippen molar-refractivity contribution in [2.75, 3.05) is 6.54 Å². The van der Waals surface area contributed by atoms with Gasteiger partial charge in [-0.15, -0.1) is 0 Å². The minimum Gasteiger partial charge on any atom is -0.480 e. The van der Waals surface area contributed by atoms with Crippen molar-refractivity contribution in [3.63, 3.8) is 0 Å².